The van der Waals surface area contributed by atoms with Gasteiger partial charge in [-0.1, -0.05) is 36.8 Å². The van der Waals surface area contributed by atoms with E-state index in [-0.39, 0.29) is 11.9 Å². The maximum atomic E-state index is 12.2. The predicted molar refractivity (Wildman–Crippen MR) is 87.2 cm³/mol. The summed E-state index contributed by atoms with van der Waals surface area (Å²) in [6, 6.07) is 8.60. The van der Waals surface area contributed by atoms with Gasteiger partial charge in [0.25, 0.3) is 0 Å². The third kappa shape index (κ3) is 5.16. The van der Waals surface area contributed by atoms with Crippen molar-refractivity contribution < 1.29 is 4.79 Å². The molecule has 0 spiro atoms. The number of aryl methyl sites for hydroxylation is 1. The summed E-state index contributed by atoms with van der Waals surface area (Å²) >= 11 is 0. The Morgan fingerprint density at radius 1 is 1.38 bits per heavy atom. The number of carbonyl (C=O) groups is 1. The van der Waals surface area contributed by atoms with Gasteiger partial charge in [-0.05, 0) is 57.2 Å². The van der Waals surface area contributed by atoms with Crippen molar-refractivity contribution >= 4 is 5.91 Å². The van der Waals surface area contributed by atoms with Gasteiger partial charge in [0.15, 0.2) is 0 Å². The molecule has 0 aromatic heterocycles. The monoisotopic (exact) mass is 288 g/mol. The number of benzene rings is 1. The Morgan fingerprint density at radius 2 is 2.14 bits per heavy atom. The van der Waals surface area contributed by atoms with Crippen molar-refractivity contribution in [3.63, 3.8) is 0 Å². The van der Waals surface area contributed by atoms with Crippen molar-refractivity contribution in [1.82, 2.24) is 10.6 Å². The maximum Gasteiger partial charge on any atom is 0.220 e. The zero-order chi connectivity index (χ0) is 15.1. The third-order valence-corrected chi connectivity index (χ3v) is 4.40. The Bertz CT molecular complexity index is 435. The van der Waals surface area contributed by atoms with Gasteiger partial charge in [-0.2, -0.15) is 0 Å². The van der Waals surface area contributed by atoms with Crippen LogP contribution in [0.15, 0.2) is 24.3 Å². The second-order valence-electron chi connectivity index (χ2n) is 6.19. The van der Waals surface area contributed by atoms with Gasteiger partial charge >= 0.3 is 0 Å². The SMILES string of the molecule is CCC(NC(=O)CCC1CCCNC1)c1ccc(C)cc1. The topological polar surface area (TPSA) is 41.1 Å². The molecule has 1 saturated heterocycles. The normalized spacial score (nSPS) is 20.0. The number of rotatable bonds is 6. The summed E-state index contributed by atoms with van der Waals surface area (Å²) in [6.07, 6.45) is 5.08. The van der Waals surface area contributed by atoms with Gasteiger partial charge in [0, 0.05) is 6.42 Å². The van der Waals surface area contributed by atoms with Gasteiger partial charge in [-0.3, -0.25) is 4.79 Å². The first kappa shape index (κ1) is 16.0. The number of hydrogen-bond donors (Lipinski definition) is 2. The predicted octanol–water partition coefficient (Wildman–Crippen LogP) is 3.34. The number of nitrogens with one attached hydrogen (secondary N) is 2. The summed E-state index contributed by atoms with van der Waals surface area (Å²) in [5, 5.41) is 6.59. The van der Waals surface area contributed by atoms with Crippen LogP contribution in [0.3, 0.4) is 0 Å². The fraction of sp³-hybridized carbons (Fsp3) is 0.611. The molecule has 1 aliphatic rings. The average molecular weight is 288 g/mol. The Balaban J connectivity index is 1.80. The van der Waals surface area contributed by atoms with Gasteiger partial charge in [0.1, 0.15) is 0 Å². The van der Waals surface area contributed by atoms with E-state index in [2.05, 4.69) is 48.7 Å². The number of piperidine rings is 1. The van der Waals surface area contributed by atoms with Crippen LogP contribution in [0.1, 0.15) is 56.2 Å². The maximum absolute atomic E-state index is 12.2. The van der Waals surface area contributed by atoms with E-state index < -0.39 is 0 Å². The van der Waals surface area contributed by atoms with E-state index in [0.717, 1.165) is 25.9 Å². The first-order valence-electron chi connectivity index (χ1n) is 8.25. The highest BCUT2D eigenvalue weighted by Crippen LogP contribution is 2.19. The van der Waals surface area contributed by atoms with E-state index >= 15 is 0 Å². The van der Waals surface area contributed by atoms with Crippen molar-refractivity contribution in [2.24, 2.45) is 5.92 Å². The van der Waals surface area contributed by atoms with Crippen LogP contribution in [0.4, 0.5) is 0 Å². The Kier molecular flexibility index (Phi) is 6.24. The molecule has 2 atom stereocenters. The molecule has 0 bridgehead atoms. The molecule has 3 nitrogen and oxygen atoms in total. The van der Waals surface area contributed by atoms with Gasteiger partial charge in [0.05, 0.1) is 6.04 Å². The second kappa shape index (κ2) is 8.18. The highest BCUT2D eigenvalue weighted by molar-refractivity contribution is 5.76. The lowest BCUT2D eigenvalue weighted by molar-refractivity contribution is -0.122. The molecule has 2 unspecified atom stereocenters. The Labute approximate surface area is 128 Å². The zero-order valence-electron chi connectivity index (χ0n) is 13.3. The van der Waals surface area contributed by atoms with Crippen LogP contribution in [0.5, 0.6) is 0 Å². The molecular formula is C18H28N2O. The third-order valence-electron chi connectivity index (χ3n) is 4.40. The molecule has 1 aliphatic heterocycles. The summed E-state index contributed by atoms with van der Waals surface area (Å²) in [5.41, 5.74) is 2.46. The van der Waals surface area contributed by atoms with Crippen LogP contribution in [-0.4, -0.2) is 19.0 Å². The average Bonchev–Trinajstić information content (AvgIpc) is 2.52. The summed E-state index contributed by atoms with van der Waals surface area (Å²) in [6.45, 7) is 6.41. The van der Waals surface area contributed by atoms with Crippen molar-refractivity contribution in [3.8, 4) is 0 Å². The van der Waals surface area contributed by atoms with Crippen LogP contribution in [-0.2, 0) is 4.79 Å². The van der Waals surface area contributed by atoms with E-state index in [1.165, 1.54) is 24.0 Å². The van der Waals surface area contributed by atoms with Crippen LogP contribution < -0.4 is 10.6 Å². The van der Waals surface area contributed by atoms with Crippen molar-refractivity contribution in [3.05, 3.63) is 35.4 Å². The van der Waals surface area contributed by atoms with Gasteiger partial charge in [-0.25, -0.2) is 0 Å². The van der Waals surface area contributed by atoms with E-state index in [0.29, 0.717) is 12.3 Å². The minimum atomic E-state index is 0.141. The highest BCUT2D eigenvalue weighted by atomic mass is 16.1. The van der Waals surface area contributed by atoms with Gasteiger partial charge in [0.2, 0.25) is 5.91 Å². The lowest BCUT2D eigenvalue weighted by atomic mass is 9.94. The Hall–Kier alpha value is -1.35. The van der Waals surface area contributed by atoms with Crippen molar-refractivity contribution in [2.45, 2.75) is 52.0 Å². The minimum Gasteiger partial charge on any atom is -0.349 e. The molecule has 116 valence electrons. The van der Waals surface area contributed by atoms with Gasteiger partial charge in [-0.15, -0.1) is 0 Å². The zero-order valence-corrected chi connectivity index (χ0v) is 13.3. The fourth-order valence-electron chi connectivity index (χ4n) is 2.99. The summed E-state index contributed by atoms with van der Waals surface area (Å²) < 4.78 is 0. The molecule has 1 heterocycles. The molecular weight excluding hydrogens is 260 g/mol. The van der Waals surface area contributed by atoms with Crippen LogP contribution in [0.2, 0.25) is 0 Å². The quantitative estimate of drug-likeness (QED) is 0.843. The molecule has 0 aliphatic carbocycles. The molecule has 1 amide bonds. The molecule has 1 fully saturated rings. The number of hydrogen-bond acceptors (Lipinski definition) is 2. The van der Waals surface area contributed by atoms with Crippen LogP contribution in [0.25, 0.3) is 0 Å². The first-order chi connectivity index (χ1) is 10.2. The number of amides is 1. The summed E-state index contributed by atoms with van der Waals surface area (Å²) in [7, 11) is 0. The minimum absolute atomic E-state index is 0.141. The summed E-state index contributed by atoms with van der Waals surface area (Å²) in [5.74, 6) is 0.858. The summed E-state index contributed by atoms with van der Waals surface area (Å²) in [4.78, 5) is 12.2. The fourth-order valence-corrected chi connectivity index (χ4v) is 2.99. The van der Waals surface area contributed by atoms with Crippen LogP contribution >= 0.6 is 0 Å². The van der Waals surface area contributed by atoms with E-state index in [1.54, 1.807) is 0 Å². The molecule has 2 rings (SSSR count). The lowest BCUT2D eigenvalue weighted by Gasteiger charge is -2.23. The lowest BCUT2D eigenvalue weighted by Crippen LogP contribution is -2.32. The molecule has 0 saturated carbocycles. The van der Waals surface area contributed by atoms with Crippen molar-refractivity contribution in [1.29, 1.82) is 0 Å². The van der Waals surface area contributed by atoms with E-state index in [9.17, 15) is 4.79 Å². The van der Waals surface area contributed by atoms with Gasteiger partial charge < -0.3 is 10.6 Å². The highest BCUT2D eigenvalue weighted by Gasteiger charge is 2.16. The molecule has 1 aromatic carbocycles. The molecule has 3 heteroatoms. The Morgan fingerprint density at radius 3 is 2.76 bits per heavy atom. The molecule has 0 radical (unpaired) electrons. The number of carbonyl (C=O) groups excluding carboxylic acids is 1. The van der Waals surface area contributed by atoms with E-state index in [4.69, 9.17) is 0 Å². The smallest absolute Gasteiger partial charge is 0.220 e. The van der Waals surface area contributed by atoms with Crippen molar-refractivity contribution in [2.75, 3.05) is 13.1 Å². The van der Waals surface area contributed by atoms with E-state index in [1.807, 2.05) is 0 Å². The standard InChI is InChI=1S/C18H28N2O/c1-3-17(16-9-6-14(2)7-10-16)20-18(21)11-8-15-5-4-12-19-13-15/h6-7,9-10,15,17,19H,3-5,8,11-13H2,1-2H3,(H,20,21). The molecule has 1 aromatic rings. The second-order valence-corrected chi connectivity index (χ2v) is 6.19. The molecule has 21 heavy (non-hydrogen) atoms. The van der Waals surface area contributed by atoms with Crippen LogP contribution in [0, 0.1) is 12.8 Å². The first-order valence-corrected chi connectivity index (χ1v) is 8.25. The largest absolute Gasteiger partial charge is 0.349 e. The molecule has 2 N–H and O–H groups in total.